The minimum Gasteiger partial charge on any atom is -0.481 e. The highest BCUT2D eigenvalue weighted by Gasteiger charge is 2.05. The van der Waals surface area contributed by atoms with Crippen LogP contribution in [0.2, 0.25) is 5.15 Å². The highest BCUT2D eigenvalue weighted by atomic mass is 35.5. The number of nitrogens with one attached hydrogen (secondary N) is 1. The molecule has 0 aliphatic carbocycles. The van der Waals surface area contributed by atoms with Crippen LogP contribution in [0, 0.1) is 0 Å². The van der Waals surface area contributed by atoms with Crippen molar-refractivity contribution in [1.82, 2.24) is 4.98 Å². The third-order valence-electron chi connectivity index (χ3n) is 1.93. The number of aliphatic carboxylic acids is 1. The van der Waals surface area contributed by atoms with Gasteiger partial charge in [0.05, 0.1) is 0 Å². The summed E-state index contributed by atoms with van der Waals surface area (Å²) in [6, 6.07) is 3.60. The predicted octanol–water partition coefficient (Wildman–Crippen LogP) is 2.40. The summed E-state index contributed by atoms with van der Waals surface area (Å²) in [4.78, 5) is 14.2. The molecule has 1 heterocycles. The van der Waals surface area contributed by atoms with Gasteiger partial charge in [-0.3, -0.25) is 4.79 Å². The van der Waals surface area contributed by atoms with Gasteiger partial charge >= 0.3 is 5.97 Å². The van der Waals surface area contributed by atoms with Gasteiger partial charge in [0.2, 0.25) is 0 Å². The van der Waals surface area contributed by atoms with Crippen LogP contribution in [0.3, 0.4) is 0 Å². The Morgan fingerprint density at radius 1 is 1.73 bits per heavy atom. The molecule has 5 heteroatoms. The lowest BCUT2D eigenvalue weighted by Gasteiger charge is -2.13. The zero-order chi connectivity index (χ0) is 11.3. The van der Waals surface area contributed by atoms with Gasteiger partial charge in [-0.2, -0.15) is 0 Å². The number of anilines is 1. The summed E-state index contributed by atoms with van der Waals surface area (Å²) in [5.74, 6) is -0.781. The van der Waals surface area contributed by atoms with Crippen LogP contribution in [0.15, 0.2) is 18.3 Å². The molecule has 0 saturated heterocycles. The van der Waals surface area contributed by atoms with Gasteiger partial charge in [-0.15, -0.1) is 0 Å². The van der Waals surface area contributed by atoms with Crippen molar-refractivity contribution in [2.45, 2.75) is 25.8 Å². The molecule has 0 bridgehead atoms. The summed E-state index contributed by atoms with van der Waals surface area (Å²) in [5.41, 5.74) is 0.855. The molecule has 15 heavy (non-hydrogen) atoms. The van der Waals surface area contributed by atoms with Crippen LogP contribution in [0.4, 0.5) is 5.69 Å². The van der Waals surface area contributed by atoms with E-state index in [0.717, 1.165) is 5.69 Å². The molecule has 1 unspecified atom stereocenters. The smallest absolute Gasteiger partial charge is 0.303 e. The van der Waals surface area contributed by atoms with Crippen LogP contribution in [0.5, 0.6) is 0 Å². The molecule has 0 spiro atoms. The molecule has 0 aliphatic rings. The van der Waals surface area contributed by atoms with Crippen LogP contribution in [-0.2, 0) is 4.79 Å². The normalized spacial score (nSPS) is 12.1. The number of pyridine rings is 1. The maximum atomic E-state index is 10.4. The third kappa shape index (κ3) is 4.65. The van der Waals surface area contributed by atoms with Crippen molar-refractivity contribution in [3.05, 3.63) is 23.5 Å². The highest BCUT2D eigenvalue weighted by Crippen LogP contribution is 2.14. The lowest BCUT2D eigenvalue weighted by molar-refractivity contribution is -0.137. The monoisotopic (exact) mass is 228 g/mol. The van der Waals surface area contributed by atoms with Gasteiger partial charge < -0.3 is 10.4 Å². The largest absolute Gasteiger partial charge is 0.481 e. The Kier molecular flexibility index (Phi) is 4.37. The first-order valence-corrected chi connectivity index (χ1v) is 5.05. The molecule has 0 radical (unpaired) electrons. The zero-order valence-electron chi connectivity index (χ0n) is 8.40. The lowest BCUT2D eigenvalue weighted by Crippen LogP contribution is -2.16. The van der Waals surface area contributed by atoms with E-state index in [-0.39, 0.29) is 12.5 Å². The van der Waals surface area contributed by atoms with Crippen LogP contribution < -0.4 is 5.32 Å². The van der Waals surface area contributed by atoms with Crippen molar-refractivity contribution < 1.29 is 9.90 Å². The second-order valence-electron chi connectivity index (χ2n) is 3.35. The minimum atomic E-state index is -0.781. The van der Waals surface area contributed by atoms with E-state index in [1.165, 1.54) is 0 Å². The molecule has 82 valence electrons. The van der Waals surface area contributed by atoms with Gasteiger partial charge in [-0.05, 0) is 25.5 Å². The van der Waals surface area contributed by atoms with E-state index in [0.29, 0.717) is 11.6 Å². The summed E-state index contributed by atoms with van der Waals surface area (Å²) in [5, 5.41) is 12.1. The van der Waals surface area contributed by atoms with Crippen LogP contribution in [0.1, 0.15) is 19.8 Å². The Balaban J connectivity index is 2.44. The standard InChI is InChI=1S/C10H13ClN2O2/c1-7(2-3-10(14)15)13-8-4-5-12-9(11)6-8/h4-7H,2-3H2,1H3,(H,12,13)(H,14,15). The van der Waals surface area contributed by atoms with Crippen molar-refractivity contribution in [3.8, 4) is 0 Å². The van der Waals surface area contributed by atoms with Gasteiger partial charge in [-0.25, -0.2) is 4.98 Å². The quantitative estimate of drug-likeness (QED) is 0.760. The van der Waals surface area contributed by atoms with Crippen LogP contribution >= 0.6 is 11.6 Å². The molecule has 1 rings (SSSR count). The molecular weight excluding hydrogens is 216 g/mol. The molecule has 0 fully saturated rings. The highest BCUT2D eigenvalue weighted by molar-refractivity contribution is 6.29. The topological polar surface area (TPSA) is 62.2 Å². The van der Waals surface area contributed by atoms with E-state index < -0.39 is 5.97 Å². The fourth-order valence-corrected chi connectivity index (χ4v) is 1.36. The Hall–Kier alpha value is -1.29. The fraction of sp³-hybridized carbons (Fsp3) is 0.400. The number of carbonyl (C=O) groups is 1. The van der Waals surface area contributed by atoms with Crippen molar-refractivity contribution in [2.75, 3.05) is 5.32 Å². The number of hydrogen-bond acceptors (Lipinski definition) is 3. The molecule has 1 atom stereocenters. The van der Waals surface area contributed by atoms with E-state index in [1.54, 1.807) is 18.3 Å². The third-order valence-corrected chi connectivity index (χ3v) is 2.14. The van der Waals surface area contributed by atoms with Crippen molar-refractivity contribution in [2.24, 2.45) is 0 Å². The first-order chi connectivity index (χ1) is 7.08. The fourth-order valence-electron chi connectivity index (χ4n) is 1.19. The number of hydrogen-bond donors (Lipinski definition) is 2. The Morgan fingerprint density at radius 3 is 3.07 bits per heavy atom. The average molecular weight is 229 g/mol. The van der Waals surface area contributed by atoms with Crippen molar-refractivity contribution in [1.29, 1.82) is 0 Å². The van der Waals surface area contributed by atoms with Gasteiger partial charge in [0, 0.05) is 24.3 Å². The second-order valence-corrected chi connectivity index (χ2v) is 3.73. The Labute approximate surface area is 93.3 Å². The molecule has 4 nitrogen and oxygen atoms in total. The molecule has 0 saturated carbocycles. The molecule has 0 aromatic carbocycles. The summed E-state index contributed by atoms with van der Waals surface area (Å²) < 4.78 is 0. The molecule has 0 aliphatic heterocycles. The number of carboxylic acid groups (broad SMARTS) is 1. The van der Waals surface area contributed by atoms with Crippen molar-refractivity contribution in [3.63, 3.8) is 0 Å². The Bertz CT molecular complexity index is 344. The molecule has 2 N–H and O–H groups in total. The number of aromatic nitrogens is 1. The summed E-state index contributed by atoms with van der Waals surface area (Å²) in [6.07, 6.45) is 2.34. The average Bonchev–Trinajstić information content (AvgIpc) is 2.15. The SMILES string of the molecule is CC(CCC(=O)O)Nc1ccnc(Cl)c1. The van der Waals surface area contributed by atoms with E-state index in [2.05, 4.69) is 10.3 Å². The minimum absolute atomic E-state index is 0.0968. The van der Waals surface area contributed by atoms with Gasteiger partial charge in [0.25, 0.3) is 0 Å². The van der Waals surface area contributed by atoms with Crippen LogP contribution in [-0.4, -0.2) is 22.1 Å². The molecular formula is C10H13ClN2O2. The number of halogens is 1. The van der Waals surface area contributed by atoms with Crippen molar-refractivity contribution >= 4 is 23.3 Å². The first-order valence-electron chi connectivity index (χ1n) is 4.68. The lowest BCUT2D eigenvalue weighted by atomic mass is 10.2. The molecule has 1 aromatic rings. The Morgan fingerprint density at radius 2 is 2.47 bits per heavy atom. The second kappa shape index (κ2) is 5.56. The number of nitrogens with zero attached hydrogens (tertiary/aromatic N) is 1. The summed E-state index contributed by atoms with van der Waals surface area (Å²) >= 11 is 5.71. The summed E-state index contributed by atoms with van der Waals surface area (Å²) in [6.45, 7) is 1.93. The maximum Gasteiger partial charge on any atom is 0.303 e. The number of carboxylic acids is 1. The number of rotatable bonds is 5. The molecule has 0 amide bonds. The molecule has 1 aromatic heterocycles. The van der Waals surface area contributed by atoms with E-state index >= 15 is 0 Å². The van der Waals surface area contributed by atoms with E-state index in [1.807, 2.05) is 6.92 Å². The van der Waals surface area contributed by atoms with Crippen LogP contribution in [0.25, 0.3) is 0 Å². The van der Waals surface area contributed by atoms with E-state index in [9.17, 15) is 4.79 Å². The summed E-state index contributed by atoms with van der Waals surface area (Å²) in [7, 11) is 0. The zero-order valence-corrected chi connectivity index (χ0v) is 9.16. The van der Waals surface area contributed by atoms with E-state index in [4.69, 9.17) is 16.7 Å². The van der Waals surface area contributed by atoms with Gasteiger partial charge in [0.1, 0.15) is 5.15 Å². The first kappa shape index (κ1) is 11.8. The maximum absolute atomic E-state index is 10.4. The predicted molar refractivity (Wildman–Crippen MR) is 59.2 cm³/mol. The van der Waals surface area contributed by atoms with Gasteiger partial charge in [0.15, 0.2) is 0 Å². The van der Waals surface area contributed by atoms with Gasteiger partial charge in [-0.1, -0.05) is 11.6 Å².